The van der Waals surface area contributed by atoms with Gasteiger partial charge in [-0.3, -0.25) is 4.79 Å². The molecule has 20 heavy (non-hydrogen) atoms. The van der Waals surface area contributed by atoms with Crippen LogP contribution in [0.2, 0.25) is 0 Å². The highest BCUT2D eigenvalue weighted by Crippen LogP contribution is 2.17. The quantitative estimate of drug-likeness (QED) is 0.585. The van der Waals surface area contributed by atoms with Crippen LogP contribution >= 0.6 is 0 Å². The Morgan fingerprint density at radius 3 is 2.50 bits per heavy atom. The molecule has 0 aliphatic carbocycles. The van der Waals surface area contributed by atoms with Crippen LogP contribution in [0.25, 0.3) is 10.9 Å². The van der Waals surface area contributed by atoms with Gasteiger partial charge in [0.15, 0.2) is 3.57 Å². The number of H-pyrrole nitrogens is 1. The van der Waals surface area contributed by atoms with Crippen molar-refractivity contribution in [1.82, 2.24) is 4.98 Å². The van der Waals surface area contributed by atoms with Crippen LogP contribution in [0.3, 0.4) is 0 Å². The molecule has 0 fully saturated rings. The number of halogens is 1. The van der Waals surface area contributed by atoms with E-state index in [1.807, 2.05) is 43.3 Å². The summed E-state index contributed by atoms with van der Waals surface area (Å²) in [5.41, 5.74) is 1.54. The smallest absolute Gasteiger partial charge is 0.363 e. The van der Waals surface area contributed by atoms with Crippen LogP contribution in [0.4, 0.5) is 0 Å². The van der Waals surface area contributed by atoms with Crippen molar-refractivity contribution < 1.29 is 26.3 Å². The van der Waals surface area contributed by atoms with Gasteiger partial charge in [0, 0.05) is 5.52 Å². The molecule has 0 bridgehead atoms. The fraction of sp³-hybridized carbons (Fsp3) is 0.0625. The number of hydrogen-bond acceptors (Lipinski definition) is 2. The third-order valence-electron chi connectivity index (χ3n) is 3.03. The molecule has 0 aliphatic heterocycles. The van der Waals surface area contributed by atoms with Gasteiger partial charge >= 0.3 is 26.8 Å². The molecule has 0 aliphatic rings. The molecular weight excluding hydrogens is 365 g/mol. The van der Waals surface area contributed by atoms with Crippen molar-refractivity contribution in [2.24, 2.45) is 0 Å². The number of pyridine rings is 1. The van der Waals surface area contributed by atoms with Gasteiger partial charge in [0.1, 0.15) is 0 Å². The Bertz CT molecular complexity index is 822. The molecule has 3 nitrogen and oxygen atoms in total. The molecule has 1 aromatic heterocycles. The first kappa shape index (κ1) is 13.2. The van der Waals surface area contributed by atoms with Gasteiger partial charge in [-0.05, 0) is 36.3 Å². The molecule has 2 aromatic carbocycles. The van der Waals surface area contributed by atoms with Gasteiger partial charge in [-0.1, -0.05) is 35.9 Å². The molecule has 3 aromatic rings. The summed E-state index contributed by atoms with van der Waals surface area (Å²) < 4.78 is 1.48. The molecule has 0 unspecified atom stereocenters. The molecule has 0 amide bonds. The average molecular weight is 377 g/mol. The summed E-state index contributed by atoms with van der Waals surface area (Å²) in [5, 5.41) is 13.0. The maximum absolute atomic E-state index is 12.4. The SMILES string of the molecule is Cc1ccc([I+]c2c([O-])c3ccccc3[nH]c2=O)cc1. The molecule has 0 saturated heterocycles. The van der Waals surface area contributed by atoms with Gasteiger partial charge in [0.05, 0.1) is 0 Å². The van der Waals surface area contributed by atoms with Crippen LogP contribution in [-0.4, -0.2) is 4.98 Å². The summed E-state index contributed by atoms with van der Waals surface area (Å²) >= 11 is -0.759. The highest BCUT2D eigenvalue weighted by molar-refractivity contribution is 5.83. The lowest BCUT2D eigenvalue weighted by molar-refractivity contribution is -0.605. The van der Waals surface area contributed by atoms with Gasteiger partial charge in [-0.15, -0.1) is 0 Å². The Labute approximate surface area is 126 Å². The van der Waals surface area contributed by atoms with Crippen molar-refractivity contribution in [3.63, 3.8) is 0 Å². The van der Waals surface area contributed by atoms with Gasteiger partial charge in [0.25, 0.3) is 3.57 Å². The zero-order valence-corrected chi connectivity index (χ0v) is 13.0. The number of benzene rings is 2. The number of aromatic amines is 1. The van der Waals surface area contributed by atoms with E-state index in [4.69, 9.17) is 0 Å². The van der Waals surface area contributed by atoms with E-state index in [2.05, 4.69) is 4.98 Å². The molecule has 0 atom stereocenters. The third kappa shape index (κ3) is 2.43. The fourth-order valence-electron chi connectivity index (χ4n) is 1.98. The first-order chi connectivity index (χ1) is 9.65. The monoisotopic (exact) mass is 377 g/mol. The molecule has 0 radical (unpaired) electrons. The first-order valence-electron chi connectivity index (χ1n) is 6.18. The number of rotatable bonds is 2. The summed E-state index contributed by atoms with van der Waals surface area (Å²) in [6.45, 7) is 2.02. The van der Waals surface area contributed by atoms with Gasteiger partial charge in [-0.25, -0.2) is 0 Å². The minimum atomic E-state index is -0.759. The highest BCUT2D eigenvalue weighted by atomic mass is 127. The van der Waals surface area contributed by atoms with Gasteiger partial charge in [-0.2, -0.15) is 0 Å². The highest BCUT2D eigenvalue weighted by Gasteiger charge is 2.22. The standard InChI is InChI=1S/C16H12INO2/c1-10-6-8-11(9-7-10)17-14-15(19)12-4-2-3-5-13(12)18-16(14)20/h2-9H,1H3,(H-,18,19,20). The van der Waals surface area contributed by atoms with E-state index < -0.39 is 21.2 Å². The second-order valence-electron chi connectivity index (χ2n) is 4.53. The van der Waals surface area contributed by atoms with Crippen molar-refractivity contribution in [3.8, 4) is 5.75 Å². The maximum atomic E-state index is 12.4. The Morgan fingerprint density at radius 1 is 1.05 bits per heavy atom. The normalized spacial score (nSPS) is 10.8. The molecule has 0 saturated carbocycles. The molecular formula is C16H12INO2. The predicted octanol–water partition coefficient (Wildman–Crippen LogP) is -0.961. The number of para-hydroxylation sites is 1. The molecule has 1 heterocycles. The van der Waals surface area contributed by atoms with Crippen molar-refractivity contribution in [1.29, 1.82) is 0 Å². The number of nitrogens with one attached hydrogen (secondary N) is 1. The summed E-state index contributed by atoms with van der Waals surface area (Å²) in [6.07, 6.45) is 0. The van der Waals surface area contributed by atoms with Crippen molar-refractivity contribution in [2.45, 2.75) is 6.92 Å². The van der Waals surface area contributed by atoms with E-state index in [0.717, 1.165) is 3.57 Å². The minimum absolute atomic E-state index is 0.127. The van der Waals surface area contributed by atoms with Crippen LogP contribution in [0.5, 0.6) is 5.75 Å². The number of hydrogen-bond donors (Lipinski definition) is 1. The third-order valence-corrected chi connectivity index (χ3v) is 5.89. The number of fused-ring (bicyclic) bond motifs is 1. The Balaban J connectivity index is 2.11. The molecule has 100 valence electrons. The van der Waals surface area contributed by atoms with Crippen LogP contribution in [-0.2, 0) is 0 Å². The van der Waals surface area contributed by atoms with E-state index in [9.17, 15) is 9.90 Å². The van der Waals surface area contributed by atoms with E-state index in [1.54, 1.807) is 12.1 Å². The lowest BCUT2D eigenvalue weighted by Crippen LogP contribution is -3.62. The molecule has 1 N–H and O–H groups in total. The van der Waals surface area contributed by atoms with Crippen LogP contribution in [0, 0.1) is 14.1 Å². The Kier molecular flexibility index (Phi) is 3.48. The summed E-state index contributed by atoms with van der Waals surface area (Å²) in [5.74, 6) is -0.127. The number of aryl methyl sites for hydroxylation is 1. The first-order valence-corrected chi connectivity index (χ1v) is 8.34. The van der Waals surface area contributed by atoms with Gasteiger partial charge in [0.2, 0.25) is 0 Å². The lowest BCUT2D eigenvalue weighted by Gasteiger charge is -2.08. The predicted molar refractivity (Wildman–Crippen MR) is 72.6 cm³/mol. The zero-order valence-electron chi connectivity index (χ0n) is 10.8. The minimum Gasteiger partial charge on any atom is -0.869 e. The van der Waals surface area contributed by atoms with Crippen LogP contribution < -0.4 is 31.9 Å². The molecule has 3 rings (SSSR count). The maximum Gasteiger partial charge on any atom is 0.363 e. The van der Waals surface area contributed by atoms with Crippen molar-refractivity contribution >= 4 is 10.9 Å². The van der Waals surface area contributed by atoms with E-state index >= 15 is 0 Å². The fourth-order valence-corrected chi connectivity index (χ4v) is 4.24. The lowest BCUT2D eigenvalue weighted by atomic mass is 10.2. The second kappa shape index (κ2) is 5.28. The topological polar surface area (TPSA) is 55.9 Å². The Morgan fingerprint density at radius 2 is 1.75 bits per heavy atom. The van der Waals surface area contributed by atoms with Gasteiger partial charge < -0.3 is 10.1 Å². The summed E-state index contributed by atoms with van der Waals surface area (Å²) in [4.78, 5) is 14.9. The largest absolute Gasteiger partial charge is 0.869 e. The Hall–Kier alpha value is -1.82. The molecule has 0 spiro atoms. The van der Waals surface area contributed by atoms with Crippen LogP contribution in [0.15, 0.2) is 53.3 Å². The summed E-state index contributed by atoms with van der Waals surface area (Å²) in [7, 11) is 0. The molecule has 4 heteroatoms. The summed E-state index contributed by atoms with van der Waals surface area (Å²) in [6, 6.07) is 15.2. The van der Waals surface area contributed by atoms with Crippen LogP contribution in [0.1, 0.15) is 5.56 Å². The second-order valence-corrected chi connectivity index (χ2v) is 7.40. The van der Waals surface area contributed by atoms with E-state index in [0.29, 0.717) is 14.5 Å². The van der Waals surface area contributed by atoms with E-state index in [1.165, 1.54) is 5.56 Å². The van der Waals surface area contributed by atoms with Crippen molar-refractivity contribution in [3.05, 3.63) is 71.6 Å². The average Bonchev–Trinajstić information content (AvgIpc) is 2.45. The number of aromatic nitrogens is 1. The zero-order chi connectivity index (χ0) is 14.1. The van der Waals surface area contributed by atoms with Crippen molar-refractivity contribution in [2.75, 3.05) is 0 Å². The van der Waals surface area contributed by atoms with E-state index in [-0.39, 0.29) is 11.3 Å².